The second-order valence-electron chi connectivity index (χ2n) is 8.19. The molecule has 0 radical (unpaired) electrons. The number of hydrogen-bond donors (Lipinski definition) is 1. The van der Waals surface area contributed by atoms with Gasteiger partial charge in [0.15, 0.2) is 0 Å². The quantitative estimate of drug-likeness (QED) is 0.529. The molecular weight excluding hydrogens is 396 g/mol. The molecule has 3 aromatic heterocycles. The van der Waals surface area contributed by atoms with Crippen molar-refractivity contribution in [2.75, 3.05) is 31.2 Å². The van der Waals surface area contributed by atoms with Crippen LogP contribution in [0.3, 0.4) is 0 Å². The molecule has 1 aliphatic carbocycles. The van der Waals surface area contributed by atoms with E-state index < -0.39 is 0 Å². The van der Waals surface area contributed by atoms with E-state index in [1.54, 1.807) is 6.33 Å². The summed E-state index contributed by atoms with van der Waals surface area (Å²) in [5.74, 6) is 1.14. The highest BCUT2D eigenvalue weighted by atomic mass is 16.5. The number of anilines is 1. The Morgan fingerprint density at radius 1 is 1.16 bits per heavy atom. The molecule has 9 heteroatoms. The number of primary amides is 1. The van der Waals surface area contributed by atoms with Crippen molar-refractivity contribution in [2.24, 2.45) is 5.73 Å². The van der Waals surface area contributed by atoms with Crippen LogP contribution in [0.1, 0.15) is 30.2 Å². The number of nitrogens with two attached hydrogens (primary N) is 1. The van der Waals surface area contributed by atoms with Crippen molar-refractivity contribution in [2.45, 2.75) is 25.2 Å². The molecule has 1 saturated heterocycles. The zero-order chi connectivity index (χ0) is 20.9. The summed E-state index contributed by atoms with van der Waals surface area (Å²) in [4.78, 5) is 23.3. The summed E-state index contributed by atoms with van der Waals surface area (Å²) >= 11 is 0. The van der Waals surface area contributed by atoms with Gasteiger partial charge in [-0.15, -0.1) is 0 Å². The topological polar surface area (TPSA) is 112 Å². The van der Waals surface area contributed by atoms with Crippen LogP contribution >= 0.6 is 0 Å². The highest BCUT2D eigenvalue weighted by Gasteiger charge is 2.30. The van der Waals surface area contributed by atoms with Gasteiger partial charge in [-0.1, -0.05) is 5.16 Å². The van der Waals surface area contributed by atoms with Gasteiger partial charge in [0.2, 0.25) is 17.6 Å². The number of fused-ring (bicyclic) bond motifs is 3. The number of morpholine rings is 1. The van der Waals surface area contributed by atoms with Gasteiger partial charge in [0.25, 0.3) is 0 Å². The molecule has 1 aromatic carbocycles. The number of hydrogen-bond acceptors (Lipinski definition) is 7. The first-order chi connectivity index (χ1) is 15.2. The lowest BCUT2D eigenvalue weighted by Crippen LogP contribution is -2.36. The van der Waals surface area contributed by atoms with Crippen molar-refractivity contribution in [1.29, 1.82) is 0 Å². The third-order valence-electron chi connectivity index (χ3n) is 6.02. The van der Waals surface area contributed by atoms with Crippen LogP contribution in [0.15, 0.2) is 35.1 Å². The van der Waals surface area contributed by atoms with Crippen LogP contribution in [0.2, 0.25) is 0 Å². The summed E-state index contributed by atoms with van der Waals surface area (Å²) < 4.78 is 12.9. The second kappa shape index (κ2) is 7.05. The minimum Gasteiger partial charge on any atom is -0.378 e. The van der Waals surface area contributed by atoms with E-state index in [1.807, 2.05) is 10.5 Å². The number of ether oxygens (including phenoxy) is 1. The lowest BCUT2D eigenvalue weighted by atomic mass is 10.0. The molecule has 2 fully saturated rings. The fraction of sp³-hybridized carbons (Fsp3) is 0.364. The molecule has 1 aliphatic heterocycles. The fourth-order valence-corrected chi connectivity index (χ4v) is 4.27. The van der Waals surface area contributed by atoms with Crippen LogP contribution in [-0.2, 0) is 16.0 Å². The first kappa shape index (κ1) is 18.3. The number of amides is 1. The van der Waals surface area contributed by atoms with E-state index in [0.717, 1.165) is 53.6 Å². The zero-order valence-electron chi connectivity index (χ0n) is 17.0. The van der Waals surface area contributed by atoms with Crippen molar-refractivity contribution in [1.82, 2.24) is 19.5 Å². The van der Waals surface area contributed by atoms with Crippen LogP contribution in [0.25, 0.3) is 27.9 Å². The summed E-state index contributed by atoms with van der Waals surface area (Å²) in [6.45, 7) is 3.11. The normalized spacial score (nSPS) is 17.0. The average molecular weight is 418 g/mol. The summed E-state index contributed by atoms with van der Waals surface area (Å²) in [6, 6.07) is 8.25. The molecule has 2 aliphatic rings. The highest BCUT2D eigenvalue weighted by molar-refractivity contribution is 5.94. The molecule has 1 amide bonds. The van der Waals surface area contributed by atoms with Crippen LogP contribution in [0.5, 0.6) is 0 Å². The molecule has 6 rings (SSSR count). The predicted molar refractivity (Wildman–Crippen MR) is 114 cm³/mol. The molecule has 4 aromatic rings. The molecule has 0 unspecified atom stereocenters. The van der Waals surface area contributed by atoms with Crippen molar-refractivity contribution >= 4 is 28.0 Å². The Labute approximate surface area is 177 Å². The molecule has 31 heavy (non-hydrogen) atoms. The van der Waals surface area contributed by atoms with Gasteiger partial charge in [0, 0.05) is 30.1 Å². The largest absolute Gasteiger partial charge is 0.378 e. The number of nitrogens with zero attached hydrogens (tertiary/aromatic N) is 5. The van der Waals surface area contributed by atoms with Crippen LogP contribution in [0, 0.1) is 0 Å². The molecule has 4 heterocycles. The van der Waals surface area contributed by atoms with Gasteiger partial charge in [-0.2, -0.15) is 4.98 Å². The fourth-order valence-electron chi connectivity index (χ4n) is 4.27. The molecule has 0 atom stereocenters. The van der Waals surface area contributed by atoms with E-state index in [-0.39, 0.29) is 12.3 Å². The maximum Gasteiger partial charge on any atom is 0.230 e. The maximum absolute atomic E-state index is 11.8. The minimum absolute atomic E-state index is 0.143. The van der Waals surface area contributed by atoms with Crippen LogP contribution in [-0.4, -0.2) is 51.7 Å². The monoisotopic (exact) mass is 418 g/mol. The van der Waals surface area contributed by atoms with Crippen LogP contribution in [0.4, 0.5) is 5.69 Å². The lowest BCUT2D eigenvalue weighted by Gasteiger charge is -2.29. The molecule has 2 N–H and O–H groups in total. The number of rotatable bonds is 5. The number of aromatic nitrogens is 4. The molecule has 0 spiro atoms. The third kappa shape index (κ3) is 3.21. The second-order valence-corrected chi connectivity index (χ2v) is 8.19. The van der Waals surface area contributed by atoms with Crippen molar-refractivity contribution in [3.63, 3.8) is 0 Å². The van der Waals surface area contributed by atoms with E-state index in [1.165, 1.54) is 0 Å². The van der Waals surface area contributed by atoms with E-state index in [9.17, 15) is 4.79 Å². The SMILES string of the molecule is NC(=O)Cc1cc2c(-c3noc(C4CC4)n3)ncn2c2ccc(N3CCOCC3)cc12. The van der Waals surface area contributed by atoms with E-state index in [0.29, 0.717) is 36.5 Å². The van der Waals surface area contributed by atoms with Crippen LogP contribution < -0.4 is 10.6 Å². The van der Waals surface area contributed by atoms with Gasteiger partial charge in [0.1, 0.15) is 12.0 Å². The number of carbonyl (C=O) groups excluding carboxylic acids is 1. The Bertz CT molecular complexity index is 1300. The molecule has 9 nitrogen and oxygen atoms in total. The summed E-state index contributed by atoms with van der Waals surface area (Å²) in [5, 5.41) is 5.12. The maximum atomic E-state index is 11.8. The standard InChI is InChI=1S/C22H22N6O3/c23-19(29)10-14-9-18-20(21-25-22(31-26-21)13-1-2-13)24-12-28(18)17-4-3-15(11-16(14)17)27-5-7-30-8-6-27/h3-4,9,11-13H,1-2,5-8,10H2,(H2,23,29). The zero-order valence-corrected chi connectivity index (χ0v) is 17.0. The Morgan fingerprint density at radius 3 is 2.77 bits per heavy atom. The van der Waals surface area contributed by atoms with E-state index >= 15 is 0 Å². The Balaban J connectivity index is 1.51. The first-order valence-electron chi connectivity index (χ1n) is 10.5. The number of carbonyl (C=O) groups is 1. The highest BCUT2D eigenvalue weighted by Crippen LogP contribution is 2.40. The minimum atomic E-state index is -0.376. The summed E-state index contributed by atoms with van der Waals surface area (Å²) in [5.41, 5.74) is 9.96. The lowest BCUT2D eigenvalue weighted by molar-refractivity contribution is -0.117. The molecule has 0 bridgehead atoms. The average Bonchev–Trinajstić information content (AvgIpc) is 3.36. The first-order valence-corrected chi connectivity index (χ1v) is 10.5. The van der Waals surface area contributed by atoms with E-state index in [2.05, 4.69) is 38.2 Å². The van der Waals surface area contributed by atoms with Crippen molar-refractivity contribution in [3.8, 4) is 11.5 Å². The predicted octanol–water partition coefficient (Wildman–Crippen LogP) is 2.28. The van der Waals surface area contributed by atoms with Crippen molar-refractivity contribution < 1.29 is 14.1 Å². The van der Waals surface area contributed by atoms with Gasteiger partial charge in [-0.05, 0) is 42.7 Å². The number of imidazole rings is 1. The van der Waals surface area contributed by atoms with E-state index in [4.69, 9.17) is 15.0 Å². The Hall–Kier alpha value is -3.46. The molecule has 158 valence electrons. The Kier molecular flexibility index (Phi) is 4.17. The summed E-state index contributed by atoms with van der Waals surface area (Å²) in [7, 11) is 0. The molecular formula is C22H22N6O3. The Morgan fingerprint density at radius 2 is 2.00 bits per heavy atom. The van der Waals surface area contributed by atoms with Gasteiger partial charge >= 0.3 is 0 Å². The number of benzene rings is 1. The van der Waals surface area contributed by atoms with Gasteiger partial charge in [-0.3, -0.25) is 9.20 Å². The van der Waals surface area contributed by atoms with Gasteiger partial charge in [0.05, 0.1) is 30.7 Å². The molecule has 1 saturated carbocycles. The number of pyridine rings is 1. The van der Waals surface area contributed by atoms with Gasteiger partial charge < -0.3 is 19.9 Å². The van der Waals surface area contributed by atoms with Crippen molar-refractivity contribution in [3.05, 3.63) is 42.0 Å². The summed E-state index contributed by atoms with van der Waals surface area (Å²) in [6.07, 6.45) is 4.08. The van der Waals surface area contributed by atoms with Gasteiger partial charge in [-0.25, -0.2) is 4.98 Å². The third-order valence-corrected chi connectivity index (χ3v) is 6.02. The smallest absolute Gasteiger partial charge is 0.230 e.